The molecule has 0 aliphatic carbocycles. The minimum Gasteiger partial charge on any atom is -0.461 e. The molecule has 0 radical (unpaired) electrons. The summed E-state index contributed by atoms with van der Waals surface area (Å²) in [4.78, 5) is 27.4. The molecule has 7 heteroatoms. The monoisotopic (exact) mass is 365 g/mol. The first-order valence-corrected chi connectivity index (χ1v) is 8.87. The Hall–Kier alpha value is -3.35. The number of benzene rings is 1. The van der Waals surface area contributed by atoms with E-state index < -0.39 is 11.9 Å². The zero-order chi connectivity index (χ0) is 18.6. The lowest BCUT2D eigenvalue weighted by atomic mass is 10.1. The van der Waals surface area contributed by atoms with Gasteiger partial charge < -0.3 is 19.2 Å². The average molecular weight is 365 g/mol. The van der Waals surface area contributed by atoms with Gasteiger partial charge in [-0.05, 0) is 30.5 Å². The Morgan fingerprint density at radius 3 is 2.52 bits per heavy atom. The highest BCUT2D eigenvalue weighted by Crippen LogP contribution is 2.22. The van der Waals surface area contributed by atoms with E-state index in [1.165, 1.54) is 12.3 Å². The number of nitrogens with zero attached hydrogens (tertiary/aromatic N) is 2. The Labute approximate surface area is 155 Å². The summed E-state index contributed by atoms with van der Waals surface area (Å²) < 4.78 is 10.4. The minimum absolute atomic E-state index is 0.0940. The van der Waals surface area contributed by atoms with Crippen molar-refractivity contribution in [2.75, 3.05) is 13.1 Å². The predicted octanol–water partition coefficient (Wildman–Crippen LogP) is 3.03. The van der Waals surface area contributed by atoms with Gasteiger partial charge in [0, 0.05) is 19.2 Å². The van der Waals surface area contributed by atoms with Crippen LogP contribution in [0.15, 0.2) is 63.7 Å². The van der Waals surface area contributed by atoms with Crippen LogP contribution in [0, 0.1) is 0 Å². The van der Waals surface area contributed by atoms with Crippen molar-refractivity contribution in [2.45, 2.75) is 18.9 Å². The lowest BCUT2D eigenvalue weighted by Crippen LogP contribution is -2.41. The van der Waals surface area contributed by atoms with Crippen molar-refractivity contribution < 1.29 is 18.5 Å². The van der Waals surface area contributed by atoms with E-state index in [1.807, 2.05) is 30.3 Å². The smallest absolute Gasteiger partial charge is 0.274 e. The van der Waals surface area contributed by atoms with Crippen LogP contribution in [0.2, 0.25) is 0 Å². The maximum absolute atomic E-state index is 13.0. The fraction of sp³-hybridized carbons (Fsp3) is 0.250. The molecule has 0 spiro atoms. The fourth-order valence-corrected chi connectivity index (χ4v) is 3.18. The summed E-state index contributed by atoms with van der Waals surface area (Å²) in [5.74, 6) is 0.251. The van der Waals surface area contributed by atoms with E-state index in [0.717, 1.165) is 18.4 Å². The highest BCUT2D eigenvalue weighted by molar-refractivity contribution is 5.97. The lowest BCUT2D eigenvalue weighted by molar-refractivity contribution is -0.132. The molecule has 3 aromatic rings. The highest BCUT2D eigenvalue weighted by atomic mass is 16.5. The van der Waals surface area contributed by atoms with E-state index in [9.17, 15) is 9.59 Å². The first-order chi connectivity index (χ1) is 13.2. The third-order valence-electron chi connectivity index (χ3n) is 4.58. The number of hydrogen-bond acceptors (Lipinski definition) is 5. The molecule has 27 heavy (non-hydrogen) atoms. The van der Waals surface area contributed by atoms with Crippen LogP contribution in [0.4, 0.5) is 0 Å². The summed E-state index contributed by atoms with van der Waals surface area (Å²) in [6.45, 7) is 1.43. The van der Waals surface area contributed by atoms with Gasteiger partial charge in [0.25, 0.3) is 5.91 Å². The second-order valence-electron chi connectivity index (χ2n) is 6.40. The van der Waals surface area contributed by atoms with Gasteiger partial charge in [-0.2, -0.15) is 0 Å². The van der Waals surface area contributed by atoms with Gasteiger partial charge in [-0.15, -0.1) is 0 Å². The van der Waals surface area contributed by atoms with Crippen molar-refractivity contribution in [3.8, 4) is 11.5 Å². The van der Waals surface area contributed by atoms with Crippen LogP contribution >= 0.6 is 0 Å². The van der Waals surface area contributed by atoms with Gasteiger partial charge in [0.1, 0.15) is 6.04 Å². The van der Waals surface area contributed by atoms with Gasteiger partial charge in [-0.25, -0.2) is 0 Å². The van der Waals surface area contributed by atoms with Crippen LogP contribution in [-0.2, 0) is 4.79 Å². The van der Waals surface area contributed by atoms with Crippen molar-refractivity contribution in [1.29, 1.82) is 0 Å². The van der Waals surface area contributed by atoms with Gasteiger partial charge in [-0.3, -0.25) is 9.59 Å². The standard InChI is InChI=1S/C20H19N3O4/c24-19(15-13-17(27-22-15)16-9-6-12-26-16)21-18(14-7-2-1-3-8-14)20(25)23-10-4-5-11-23/h1-3,6-9,12-13,18H,4-5,10-11H2,(H,21,24)/t18-/m0/s1. The molecule has 0 saturated carbocycles. The third kappa shape index (κ3) is 3.62. The normalized spacial score (nSPS) is 14.9. The quantitative estimate of drug-likeness (QED) is 0.751. The third-order valence-corrected chi connectivity index (χ3v) is 4.58. The predicted molar refractivity (Wildman–Crippen MR) is 96.7 cm³/mol. The average Bonchev–Trinajstić information content (AvgIpc) is 3.47. The molecule has 3 heterocycles. The lowest BCUT2D eigenvalue weighted by Gasteiger charge is -2.24. The molecule has 138 valence electrons. The van der Waals surface area contributed by atoms with E-state index in [2.05, 4.69) is 10.5 Å². The van der Waals surface area contributed by atoms with E-state index in [0.29, 0.717) is 24.6 Å². The second-order valence-corrected chi connectivity index (χ2v) is 6.40. The number of furan rings is 1. The Bertz CT molecular complexity index is 912. The maximum Gasteiger partial charge on any atom is 0.274 e. The molecule has 2 amide bonds. The topological polar surface area (TPSA) is 88.6 Å². The second kappa shape index (κ2) is 7.49. The van der Waals surface area contributed by atoms with Crippen molar-refractivity contribution >= 4 is 11.8 Å². The molecule has 1 N–H and O–H groups in total. The summed E-state index contributed by atoms with van der Waals surface area (Å²) >= 11 is 0. The molecule has 0 bridgehead atoms. The Morgan fingerprint density at radius 1 is 1.04 bits per heavy atom. The summed E-state index contributed by atoms with van der Waals surface area (Å²) in [6, 6.07) is 13.4. The fourth-order valence-electron chi connectivity index (χ4n) is 3.18. The molecule has 2 aromatic heterocycles. The Morgan fingerprint density at radius 2 is 1.81 bits per heavy atom. The number of carbonyl (C=O) groups excluding carboxylic acids is 2. The Balaban J connectivity index is 1.55. The molecule has 1 aromatic carbocycles. The summed E-state index contributed by atoms with van der Waals surface area (Å²) in [5, 5.41) is 6.61. The molecule has 0 unspecified atom stereocenters. The number of carbonyl (C=O) groups is 2. The molecule has 4 rings (SSSR count). The van der Waals surface area contributed by atoms with Crippen LogP contribution in [-0.4, -0.2) is 35.0 Å². The first-order valence-electron chi connectivity index (χ1n) is 8.87. The summed E-state index contributed by atoms with van der Waals surface area (Å²) in [7, 11) is 0. The maximum atomic E-state index is 13.0. The molecular formula is C20H19N3O4. The van der Waals surface area contributed by atoms with E-state index in [-0.39, 0.29) is 11.6 Å². The van der Waals surface area contributed by atoms with Crippen LogP contribution in [0.1, 0.15) is 34.9 Å². The number of amides is 2. The van der Waals surface area contributed by atoms with Crippen LogP contribution < -0.4 is 5.32 Å². The van der Waals surface area contributed by atoms with Crippen LogP contribution in [0.3, 0.4) is 0 Å². The first kappa shape index (κ1) is 17.1. The minimum atomic E-state index is -0.763. The van der Waals surface area contributed by atoms with Gasteiger partial charge >= 0.3 is 0 Å². The number of hydrogen-bond donors (Lipinski definition) is 1. The van der Waals surface area contributed by atoms with Crippen molar-refractivity contribution in [3.05, 3.63) is 66.1 Å². The summed E-state index contributed by atoms with van der Waals surface area (Å²) in [5.41, 5.74) is 0.828. The van der Waals surface area contributed by atoms with Crippen molar-refractivity contribution in [1.82, 2.24) is 15.4 Å². The van der Waals surface area contributed by atoms with Gasteiger partial charge in [0.05, 0.1) is 6.26 Å². The zero-order valence-electron chi connectivity index (χ0n) is 14.6. The zero-order valence-corrected chi connectivity index (χ0v) is 14.6. The van der Waals surface area contributed by atoms with Gasteiger partial charge in [-0.1, -0.05) is 35.5 Å². The van der Waals surface area contributed by atoms with Gasteiger partial charge in [0.15, 0.2) is 11.5 Å². The van der Waals surface area contributed by atoms with E-state index >= 15 is 0 Å². The number of aromatic nitrogens is 1. The van der Waals surface area contributed by atoms with Crippen LogP contribution in [0.5, 0.6) is 0 Å². The molecular weight excluding hydrogens is 346 g/mol. The number of likely N-dealkylation sites (tertiary alicyclic amines) is 1. The van der Waals surface area contributed by atoms with Crippen molar-refractivity contribution in [2.24, 2.45) is 0 Å². The number of rotatable bonds is 5. The Kier molecular flexibility index (Phi) is 4.74. The highest BCUT2D eigenvalue weighted by Gasteiger charge is 2.30. The van der Waals surface area contributed by atoms with E-state index in [1.54, 1.807) is 17.0 Å². The molecule has 1 fully saturated rings. The molecule has 1 atom stereocenters. The summed E-state index contributed by atoms with van der Waals surface area (Å²) in [6.07, 6.45) is 3.48. The molecule has 1 saturated heterocycles. The molecule has 1 aliphatic heterocycles. The molecule has 1 aliphatic rings. The largest absolute Gasteiger partial charge is 0.461 e. The number of nitrogens with one attached hydrogen (secondary N) is 1. The molecule has 7 nitrogen and oxygen atoms in total. The SMILES string of the molecule is O=C(N[C@H](C(=O)N1CCCC1)c1ccccc1)c1cc(-c2ccco2)on1. The van der Waals surface area contributed by atoms with E-state index in [4.69, 9.17) is 8.94 Å². The van der Waals surface area contributed by atoms with Crippen LogP contribution in [0.25, 0.3) is 11.5 Å². The van der Waals surface area contributed by atoms with Crippen molar-refractivity contribution in [3.63, 3.8) is 0 Å². The van der Waals surface area contributed by atoms with Gasteiger partial charge in [0.2, 0.25) is 11.7 Å².